The monoisotopic (exact) mass is 366 g/mol. The number of aromatic nitrogens is 2. The summed E-state index contributed by atoms with van der Waals surface area (Å²) in [5.74, 6) is 1.04. The van der Waals surface area contributed by atoms with Gasteiger partial charge in [-0.3, -0.25) is 9.69 Å². The number of benzene rings is 1. The first-order chi connectivity index (χ1) is 13.1. The van der Waals surface area contributed by atoms with Crippen molar-refractivity contribution in [3.05, 3.63) is 53.6 Å². The Bertz CT molecular complexity index is 772. The Balaban J connectivity index is 1.28. The number of hydrogen-bond donors (Lipinski definition) is 0. The van der Waals surface area contributed by atoms with Crippen LogP contribution in [0.25, 0.3) is 0 Å². The highest BCUT2D eigenvalue weighted by atomic mass is 16.2. The van der Waals surface area contributed by atoms with E-state index in [0.29, 0.717) is 11.8 Å². The molecule has 1 amide bonds. The van der Waals surface area contributed by atoms with E-state index in [1.54, 1.807) is 0 Å². The van der Waals surface area contributed by atoms with Gasteiger partial charge >= 0.3 is 0 Å². The Hall–Kier alpha value is -2.14. The van der Waals surface area contributed by atoms with Gasteiger partial charge in [-0.05, 0) is 23.5 Å². The van der Waals surface area contributed by atoms with Crippen LogP contribution in [-0.4, -0.2) is 51.4 Å². The molecule has 5 nitrogen and oxygen atoms in total. The van der Waals surface area contributed by atoms with E-state index in [4.69, 9.17) is 0 Å². The molecule has 1 fully saturated rings. The van der Waals surface area contributed by atoms with E-state index in [1.165, 1.54) is 16.8 Å². The number of carbonyl (C=O) groups is 1. The van der Waals surface area contributed by atoms with Gasteiger partial charge in [0.15, 0.2) is 0 Å². The second-order valence-electron chi connectivity index (χ2n) is 8.27. The predicted molar refractivity (Wildman–Crippen MR) is 106 cm³/mol. The number of piperazine rings is 1. The minimum Gasteiger partial charge on any atom is -0.340 e. The Morgan fingerprint density at radius 2 is 1.85 bits per heavy atom. The van der Waals surface area contributed by atoms with Crippen LogP contribution >= 0.6 is 0 Å². The lowest BCUT2D eigenvalue weighted by molar-refractivity contribution is -0.138. The summed E-state index contributed by atoms with van der Waals surface area (Å²) in [6, 6.07) is 8.98. The third-order valence-electron chi connectivity index (χ3n) is 6.06. The minimum absolute atomic E-state index is 0.129. The maximum absolute atomic E-state index is 12.9. The van der Waals surface area contributed by atoms with Gasteiger partial charge < -0.3 is 9.47 Å². The molecule has 3 heterocycles. The zero-order chi connectivity index (χ0) is 18.8. The number of fused-ring (bicyclic) bond motifs is 1. The molecule has 2 aliphatic heterocycles. The zero-order valence-electron chi connectivity index (χ0n) is 16.5. The van der Waals surface area contributed by atoms with E-state index in [9.17, 15) is 4.79 Å². The van der Waals surface area contributed by atoms with E-state index in [0.717, 1.165) is 52.1 Å². The van der Waals surface area contributed by atoms with Crippen molar-refractivity contribution in [2.45, 2.75) is 45.7 Å². The molecule has 0 N–H and O–H groups in total. The number of rotatable bonds is 4. The molecule has 0 saturated carbocycles. The van der Waals surface area contributed by atoms with Gasteiger partial charge in [-0.1, -0.05) is 38.1 Å². The summed E-state index contributed by atoms with van der Waals surface area (Å²) in [4.78, 5) is 21.7. The molecular formula is C22H30N4O. The molecule has 144 valence electrons. The van der Waals surface area contributed by atoms with Crippen molar-refractivity contribution in [3.63, 3.8) is 0 Å². The third kappa shape index (κ3) is 4.08. The van der Waals surface area contributed by atoms with Crippen molar-refractivity contribution >= 4 is 5.91 Å². The van der Waals surface area contributed by atoms with Gasteiger partial charge in [-0.25, -0.2) is 4.98 Å². The fourth-order valence-corrected chi connectivity index (χ4v) is 4.23. The second-order valence-corrected chi connectivity index (χ2v) is 8.27. The summed E-state index contributed by atoms with van der Waals surface area (Å²) >= 11 is 0. The third-order valence-corrected chi connectivity index (χ3v) is 6.06. The van der Waals surface area contributed by atoms with Gasteiger partial charge in [-0.15, -0.1) is 0 Å². The molecule has 0 unspecified atom stereocenters. The second kappa shape index (κ2) is 7.85. The lowest BCUT2D eigenvalue weighted by Crippen LogP contribution is -2.50. The van der Waals surface area contributed by atoms with Gasteiger partial charge in [0, 0.05) is 63.5 Å². The fraction of sp³-hybridized carbons (Fsp3) is 0.545. The molecular weight excluding hydrogens is 336 g/mol. The van der Waals surface area contributed by atoms with Crippen molar-refractivity contribution in [3.8, 4) is 0 Å². The van der Waals surface area contributed by atoms with Gasteiger partial charge in [-0.2, -0.15) is 0 Å². The van der Waals surface area contributed by atoms with Crippen LogP contribution in [-0.2, 0) is 24.3 Å². The molecule has 1 aromatic carbocycles. The highest BCUT2D eigenvalue weighted by molar-refractivity contribution is 5.79. The maximum atomic E-state index is 12.9. The van der Waals surface area contributed by atoms with Crippen molar-refractivity contribution < 1.29 is 4.79 Å². The molecule has 0 aliphatic carbocycles. The van der Waals surface area contributed by atoms with Crippen LogP contribution < -0.4 is 0 Å². The number of hydrogen-bond acceptors (Lipinski definition) is 3. The summed E-state index contributed by atoms with van der Waals surface area (Å²) in [7, 11) is 0. The largest absolute Gasteiger partial charge is 0.340 e. The van der Waals surface area contributed by atoms with E-state index < -0.39 is 0 Å². The zero-order valence-corrected chi connectivity index (χ0v) is 16.5. The Labute approximate surface area is 162 Å². The van der Waals surface area contributed by atoms with Crippen LogP contribution in [0.3, 0.4) is 0 Å². The van der Waals surface area contributed by atoms with Gasteiger partial charge in [0.05, 0.1) is 6.33 Å². The van der Waals surface area contributed by atoms with E-state index >= 15 is 0 Å². The van der Waals surface area contributed by atoms with Crippen LogP contribution in [0.1, 0.15) is 43.0 Å². The first kappa shape index (κ1) is 18.2. The highest BCUT2D eigenvalue weighted by Gasteiger charge is 2.30. The van der Waals surface area contributed by atoms with Gasteiger partial charge in [0.1, 0.15) is 0 Å². The molecule has 1 atom stereocenters. The number of carbonyl (C=O) groups excluding carboxylic acids is 1. The minimum atomic E-state index is 0.129. The molecule has 1 saturated heterocycles. The molecule has 27 heavy (non-hydrogen) atoms. The quantitative estimate of drug-likeness (QED) is 0.835. The molecule has 4 rings (SSSR count). The SMILES string of the molecule is CC(C)c1ccc(CN2CCN(C(=O)[C@H]3CCn4cncc4C3)CC2)cc1. The smallest absolute Gasteiger partial charge is 0.226 e. The van der Waals surface area contributed by atoms with Crippen molar-refractivity contribution in [1.29, 1.82) is 0 Å². The molecule has 1 aromatic heterocycles. The molecule has 2 aliphatic rings. The average molecular weight is 367 g/mol. The molecule has 0 radical (unpaired) electrons. The summed E-state index contributed by atoms with van der Waals surface area (Å²) in [6.07, 6.45) is 5.55. The lowest BCUT2D eigenvalue weighted by Gasteiger charge is -2.37. The van der Waals surface area contributed by atoms with Crippen LogP contribution in [0, 0.1) is 5.92 Å². The number of nitrogens with zero attached hydrogens (tertiary/aromatic N) is 4. The first-order valence-electron chi connectivity index (χ1n) is 10.2. The molecule has 5 heteroatoms. The average Bonchev–Trinajstić information content (AvgIpc) is 3.16. The van der Waals surface area contributed by atoms with Crippen molar-refractivity contribution in [2.75, 3.05) is 26.2 Å². The Kier molecular flexibility index (Phi) is 5.30. The summed E-state index contributed by atoms with van der Waals surface area (Å²) in [5.41, 5.74) is 3.95. The fourth-order valence-electron chi connectivity index (χ4n) is 4.23. The number of imidazole rings is 1. The van der Waals surface area contributed by atoms with E-state index in [2.05, 4.69) is 57.5 Å². The molecule has 2 aromatic rings. The summed E-state index contributed by atoms with van der Waals surface area (Å²) in [6.45, 7) is 9.96. The van der Waals surface area contributed by atoms with Gasteiger partial charge in [0.2, 0.25) is 5.91 Å². The van der Waals surface area contributed by atoms with Crippen LogP contribution in [0.2, 0.25) is 0 Å². The summed E-state index contributed by atoms with van der Waals surface area (Å²) in [5, 5.41) is 0. The van der Waals surface area contributed by atoms with Crippen molar-refractivity contribution in [1.82, 2.24) is 19.4 Å². The Morgan fingerprint density at radius 1 is 1.11 bits per heavy atom. The van der Waals surface area contributed by atoms with Crippen LogP contribution in [0.15, 0.2) is 36.8 Å². The maximum Gasteiger partial charge on any atom is 0.226 e. The van der Waals surface area contributed by atoms with E-state index in [-0.39, 0.29) is 5.92 Å². The van der Waals surface area contributed by atoms with Gasteiger partial charge in [0.25, 0.3) is 0 Å². The predicted octanol–water partition coefficient (Wildman–Crippen LogP) is 2.91. The summed E-state index contributed by atoms with van der Waals surface area (Å²) < 4.78 is 2.17. The highest BCUT2D eigenvalue weighted by Crippen LogP contribution is 2.23. The first-order valence-corrected chi connectivity index (χ1v) is 10.2. The van der Waals surface area contributed by atoms with Crippen LogP contribution in [0.5, 0.6) is 0 Å². The standard InChI is InChI=1S/C22H30N4O/c1-17(2)19-5-3-18(4-6-19)15-24-9-11-25(12-10-24)22(27)20-7-8-26-16-23-14-21(26)13-20/h3-6,14,16-17,20H,7-13,15H2,1-2H3/t20-/m0/s1. The van der Waals surface area contributed by atoms with Crippen molar-refractivity contribution in [2.24, 2.45) is 5.92 Å². The molecule has 0 spiro atoms. The van der Waals surface area contributed by atoms with Crippen LogP contribution in [0.4, 0.5) is 0 Å². The molecule has 0 bridgehead atoms. The number of amides is 1. The number of aryl methyl sites for hydroxylation is 1. The van der Waals surface area contributed by atoms with E-state index in [1.807, 2.05) is 12.5 Å². The topological polar surface area (TPSA) is 41.4 Å². The normalized spacial score (nSPS) is 20.7. The Morgan fingerprint density at radius 3 is 2.56 bits per heavy atom. The lowest BCUT2D eigenvalue weighted by atomic mass is 9.94.